The number of rotatable bonds is 6. The minimum absolute atomic E-state index is 0.0396. The molecule has 0 aliphatic heterocycles. The Balaban J connectivity index is 1.80. The number of nitrogens with zero attached hydrogens (tertiary/aromatic N) is 2. The molecule has 6 heteroatoms. The monoisotopic (exact) mass is 303 g/mol. The minimum Gasteiger partial charge on any atom is -0.480 e. The minimum atomic E-state index is -0.111. The van der Waals surface area contributed by atoms with Crippen molar-refractivity contribution in [2.45, 2.75) is 12.6 Å². The summed E-state index contributed by atoms with van der Waals surface area (Å²) in [6.45, 7) is 0.610. The van der Waals surface area contributed by atoms with E-state index in [1.807, 2.05) is 46.3 Å². The Kier molecular flexibility index (Phi) is 4.19. The van der Waals surface area contributed by atoms with E-state index in [9.17, 15) is 5.11 Å². The summed E-state index contributed by atoms with van der Waals surface area (Å²) in [5.74, 6) is 0.624. The van der Waals surface area contributed by atoms with Crippen molar-refractivity contribution >= 4 is 16.3 Å². The lowest BCUT2D eigenvalue weighted by molar-refractivity contribution is 0.242. The van der Waals surface area contributed by atoms with Crippen molar-refractivity contribution in [3.8, 4) is 5.88 Å². The summed E-state index contributed by atoms with van der Waals surface area (Å²) >= 11 is 1.57. The molecule has 5 nitrogen and oxygen atoms in total. The third-order valence-electron chi connectivity index (χ3n) is 3.42. The summed E-state index contributed by atoms with van der Waals surface area (Å²) in [5.41, 5.74) is 2.02. The molecule has 0 amide bonds. The summed E-state index contributed by atoms with van der Waals surface area (Å²) < 4.78 is 7.34. The van der Waals surface area contributed by atoms with Crippen LogP contribution in [0.3, 0.4) is 0 Å². The predicted octanol–water partition coefficient (Wildman–Crippen LogP) is 2.23. The van der Waals surface area contributed by atoms with Crippen LogP contribution >= 0.6 is 11.3 Å². The van der Waals surface area contributed by atoms with Gasteiger partial charge in [-0.25, -0.2) is 0 Å². The molecule has 3 aromatic rings. The summed E-state index contributed by atoms with van der Waals surface area (Å²) in [6, 6.07) is 9.79. The Labute approximate surface area is 126 Å². The fraction of sp³-hybridized carbons (Fsp3) is 0.267. The molecule has 0 spiro atoms. The van der Waals surface area contributed by atoms with Crippen LogP contribution in [0.15, 0.2) is 41.9 Å². The number of aliphatic hydroxyl groups is 1. The fourth-order valence-corrected chi connectivity index (χ4v) is 3.05. The summed E-state index contributed by atoms with van der Waals surface area (Å²) in [5, 5.41) is 14.9. The average molecular weight is 303 g/mol. The first kappa shape index (κ1) is 14.1. The fourth-order valence-electron chi connectivity index (χ4n) is 2.33. The van der Waals surface area contributed by atoms with Crippen molar-refractivity contribution in [3.63, 3.8) is 0 Å². The molecule has 0 saturated carbocycles. The van der Waals surface area contributed by atoms with E-state index in [4.69, 9.17) is 4.74 Å². The van der Waals surface area contributed by atoms with E-state index in [1.165, 1.54) is 0 Å². The Hall–Kier alpha value is -1.89. The summed E-state index contributed by atoms with van der Waals surface area (Å²) in [6.07, 6.45) is 1.98. The molecule has 1 atom stereocenters. The summed E-state index contributed by atoms with van der Waals surface area (Å²) in [4.78, 5) is 5.33. The van der Waals surface area contributed by atoms with Crippen molar-refractivity contribution in [1.29, 1.82) is 0 Å². The molecular formula is C15H17N3O2S. The number of aliphatic hydroxyl groups excluding tert-OH is 1. The Bertz CT molecular complexity index is 708. The van der Waals surface area contributed by atoms with Gasteiger partial charge in [-0.15, -0.1) is 11.3 Å². The SMILES string of the molecule is COc1nc2sccn2c1CN[C@H](CO)c1ccccc1. The van der Waals surface area contributed by atoms with Crippen LogP contribution in [0, 0.1) is 0 Å². The standard InChI is InChI=1S/C15H17N3O2S/c1-20-14-13(18-7-8-21-15(18)17-14)9-16-12(10-19)11-5-3-2-4-6-11/h2-8,12,16,19H,9-10H2,1H3/t12-/m1/s1. The molecule has 2 heterocycles. The number of thiazole rings is 1. The van der Waals surface area contributed by atoms with Gasteiger partial charge in [0.25, 0.3) is 0 Å². The highest BCUT2D eigenvalue weighted by Gasteiger charge is 2.16. The first-order valence-electron chi connectivity index (χ1n) is 6.71. The molecule has 3 rings (SSSR count). The van der Waals surface area contributed by atoms with Gasteiger partial charge in [-0.1, -0.05) is 30.3 Å². The molecule has 0 saturated heterocycles. The van der Waals surface area contributed by atoms with Gasteiger partial charge in [0.2, 0.25) is 5.88 Å². The topological polar surface area (TPSA) is 58.8 Å². The van der Waals surface area contributed by atoms with Gasteiger partial charge in [0.1, 0.15) is 5.69 Å². The molecule has 21 heavy (non-hydrogen) atoms. The third kappa shape index (κ3) is 2.78. The molecule has 0 fully saturated rings. The predicted molar refractivity (Wildman–Crippen MR) is 82.7 cm³/mol. The molecule has 2 N–H and O–H groups in total. The van der Waals surface area contributed by atoms with Crippen LogP contribution < -0.4 is 10.1 Å². The van der Waals surface area contributed by atoms with Crippen molar-refractivity contribution in [3.05, 3.63) is 53.2 Å². The maximum atomic E-state index is 9.59. The highest BCUT2D eigenvalue weighted by atomic mass is 32.1. The number of benzene rings is 1. The first-order chi connectivity index (χ1) is 10.3. The largest absolute Gasteiger partial charge is 0.480 e. The zero-order valence-corrected chi connectivity index (χ0v) is 12.5. The van der Waals surface area contributed by atoms with Gasteiger partial charge in [-0.05, 0) is 5.56 Å². The van der Waals surface area contributed by atoms with Crippen LogP contribution in [0.5, 0.6) is 5.88 Å². The Morgan fingerprint density at radius 1 is 1.38 bits per heavy atom. The van der Waals surface area contributed by atoms with Gasteiger partial charge in [0.15, 0.2) is 4.96 Å². The van der Waals surface area contributed by atoms with Crippen LogP contribution in [0.2, 0.25) is 0 Å². The lowest BCUT2D eigenvalue weighted by Gasteiger charge is -2.16. The Morgan fingerprint density at radius 2 is 2.19 bits per heavy atom. The van der Waals surface area contributed by atoms with E-state index in [0.717, 1.165) is 16.2 Å². The summed E-state index contributed by atoms with van der Waals surface area (Å²) in [7, 11) is 1.62. The maximum absolute atomic E-state index is 9.59. The molecular weight excluding hydrogens is 286 g/mol. The van der Waals surface area contributed by atoms with Gasteiger partial charge in [-0.3, -0.25) is 4.40 Å². The number of fused-ring (bicyclic) bond motifs is 1. The first-order valence-corrected chi connectivity index (χ1v) is 7.59. The van der Waals surface area contributed by atoms with E-state index in [-0.39, 0.29) is 12.6 Å². The number of hydrogen-bond donors (Lipinski definition) is 2. The third-order valence-corrected chi connectivity index (χ3v) is 4.17. The van der Waals surface area contributed by atoms with E-state index < -0.39 is 0 Å². The second-order valence-corrected chi connectivity index (χ2v) is 5.52. The normalized spacial score (nSPS) is 12.7. The molecule has 0 unspecified atom stereocenters. The van der Waals surface area contributed by atoms with Crippen LogP contribution in [-0.2, 0) is 6.54 Å². The second kappa shape index (κ2) is 6.26. The van der Waals surface area contributed by atoms with Gasteiger partial charge >= 0.3 is 0 Å². The van der Waals surface area contributed by atoms with Crippen LogP contribution in [-0.4, -0.2) is 28.2 Å². The van der Waals surface area contributed by atoms with Crippen LogP contribution in [0.1, 0.15) is 17.3 Å². The van der Waals surface area contributed by atoms with Crippen molar-refractivity contribution in [2.24, 2.45) is 0 Å². The second-order valence-electron chi connectivity index (χ2n) is 4.65. The smallest absolute Gasteiger partial charge is 0.237 e. The molecule has 1 aromatic carbocycles. The number of nitrogens with one attached hydrogen (secondary N) is 1. The van der Waals surface area contributed by atoms with E-state index in [1.54, 1.807) is 18.4 Å². The quantitative estimate of drug-likeness (QED) is 0.733. The van der Waals surface area contributed by atoms with Gasteiger partial charge in [-0.2, -0.15) is 4.98 Å². The molecule has 110 valence electrons. The van der Waals surface area contributed by atoms with Crippen molar-refractivity contribution < 1.29 is 9.84 Å². The van der Waals surface area contributed by atoms with E-state index in [0.29, 0.717) is 12.4 Å². The van der Waals surface area contributed by atoms with Gasteiger partial charge in [0.05, 0.1) is 19.8 Å². The zero-order chi connectivity index (χ0) is 14.7. The number of imidazole rings is 1. The molecule has 0 aliphatic carbocycles. The van der Waals surface area contributed by atoms with Crippen molar-refractivity contribution in [2.75, 3.05) is 13.7 Å². The van der Waals surface area contributed by atoms with Gasteiger partial charge < -0.3 is 15.2 Å². The van der Waals surface area contributed by atoms with E-state index >= 15 is 0 Å². The van der Waals surface area contributed by atoms with Crippen LogP contribution in [0.25, 0.3) is 4.96 Å². The highest BCUT2D eigenvalue weighted by Crippen LogP contribution is 2.23. The van der Waals surface area contributed by atoms with E-state index in [2.05, 4.69) is 10.3 Å². The lowest BCUT2D eigenvalue weighted by Crippen LogP contribution is -2.24. The number of hydrogen-bond acceptors (Lipinski definition) is 5. The number of ether oxygens (including phenoxy) is 1. The average Bonchev–Trinajstić information content (AvgIpc) is 3.10. The molecule has 0 aliphatic rings. The molecule has 0 radical (unpaired) electrons. The molecule has 0 bridgehead atoms. The van der Waals surface area contributed by atoms with Crippen LogP contribution in [0.4, 0.5) is 0 Å². The van der Waals surface area contributed by atoms with Gasteiger partial charge in [0, 0.05) is 18.1 Å². The number of aromatic nitrogens is 2. The Morgan fingerprint density at radius 3 is 2.90 bits per heavy atom. The zero-order valence-electron chi connectivity index (χ0n) is 11.7. The molecule has 2 aromatic heterocycles. The number of methoxy groups -OCH3 is 1. The van der Waals surface area contributed by atoms with Crippen molar-refractivity contribution in [1.82, 2.24) is 14.7 Å². The lowest BCUT2D eigenvalue weighted by atomic mass is 10.1. The maximum Gasteiger partial charge on any atom is 0.237 e. The highest BCUT2D eigenvalue weighted by molar-refractivity contribution is 7.15.